The molecule has 0 aliphatic rings. The summed E-state index contributed by atoms with van der Waals surface area (Å²) in [6, 6.07) is 0. The van der Waals surface area contributed by atoms with E-state index in [1.165, 1.54) is 167 Å². The highest BCUT2D eigenvalue weighted by molar-refractivity contribution is 5.70. The number of allylic oxidation sites excluding steroid dienone is 16. The SMILES string of the molecule is CC/C=C\C/C=C\C/C=C\C/C=C\C/C=C\C/C=C\C/C=C\C/C=C\CCCCCCCCCCCCCCCCCCC(=O)OC(COC(=O)CCCCCCCCCCCCCCCCCC)COC(OCC[N+](C)(C)C)C(=O)[O-]. The number of esters is 2. The van der Waals surface area contributed by atoms with Crippen molar-refractivity contribution in [3.8, 4) is 0 Å². The van der Waals surface area contributed by atoms with Crippen LogP contribution in [0.4, 0.5) is 0 Å². The molecule has 0 bridgehead atoms. The van der Waals surface area contributed by atoms with Crippen molar-refractivity contribution in [2.45, 2.75) is 302 Å². The molecule has 0 aromatic heterocycles. The monoisotopic (exact) mass is 1150 g/mol. The van der Waals surface area contributed by atoms with Crippen molar-refractivity contribution in [2.24, 2.45) is 0 Å². The number of quaternary nitrogens is 1. The van der Waals surface area contributed by atoms with Gasteiger partial charge in [0.2, 0.25) is 0 Å². The van der Waals surface area contributed by atoms with Crippen LogP contribution in [0, 0.1) is 0 Å². The first-order chi connectivity index (χ1) is 40.1. The van der Waals surface area contributed by atoms with Crippen LogP contribution in [0.3, 0.4) is 0 Å². The molecular weight excluding hydrogens is 1020 g/mol. The summed E-state index contributed by atoms with van der Waals surface area (Å²) >= 11 is 0. The smallest absolute Gasteiger partial charge is 0.306 e. The zero-order chi connectivity index (χ0) is 59.8. The minimum atomic E-state index is -1.62. The van der Waals surface area contributed by atoms with Crippen LogP contribution in [0.25, 0.3) is 0 Å². The lowest BCUT2D eigenvalue weighted by Crippen LogP contribution is -2.44. The minimum absolute atomic E-state index is 0.147. The van der Waals surface area contributed by atoms with Gasteiger partial charge in [-0.1, -0.05) is 297 Å². The highest BCUT2D eigenvalue weighted by atomic mass is 16.7. The Morgan fingerprint density at radius 3 is 1.04 bits per heavy atom. The molecule has 0 radical (unpaired) electrons. The molecule has 0 N–H and O–H groups in total. The number of carbonyl (C=O) groups excluding carboxylic acids is 3. The second kappa shape index (κ2) is 63.2. The standard InChI is InChI=1S/C73H127NO8/c1-6-8-10-12-14-16-18-20-22-24-25-26-27-28-29-30-31-32-33-34-35-36-37-38-39-40-41-42-43-44-45-46-47-48-50-52-54-56-58-60-62-64-71(76)82-69(68-81-73(72(77)78)79-66-65-74(3,4)5)67-80-70(75)63-61-59-57-55-53-51-49-23-21-19-17-15-13-11-9-7-2/h8,10,14,16,20,22,25-26,28-29,31-32,34-35,37-38,69,73H,6-7,9,11-13,15,17-19,21,23-24,27,30,33,36,39-68H2,1-5H3/b10-8-,16-14-,22-20-,26-25-,29-28-,32-31-,35-34-,38-37-. The van der Waals surface area contributed by atoms with E-state index in [1.807, 2.05) is 21.1 Å². The predicted octanol–water partition coefficient (Wildman–Crippen LogP) is 19.5. The van der Waals surface area contributed by atoms with E-state index in [4.69, 9.17) is 18.9 Å². The molecule has 2 atom stereocenters. The molecule has 2 unspecified atom stereocenters. The van der Waals surface area contributed by atoms with Gasteiger partial charge in [0.1, 0.15) is 13.2 Å². The van der Waals surface area contributed by atoms with Crippen LogP contribution < -0.4 is 5.11 Å². The van der Waals surface area contributed by atoms with Gasteiger partial charge in [-0.05, 0) is 77.0 Å². The summed E-state index contributed by atoms with van der Waals surface area (Å²) in [6.07, 6.45) is 83.4. The molecule has 0 aromatic carbocycles. The number of likely N-dealkylation sites (N-methyl/N-ethyl adjacent to an activating group) is 1. The molecule has 472 valence electrons. The molecule has 0 heterocycles. The number of carboxylic acids is 1. The first kappa shape index (κ1) is 78.2. The van der Waals surface area contributed by atoms with E-state index in [9.17, 15) is 19.5 Å². The maximum absolute atomic E-state index is 12.9. The van der Waals surface area contributed by atoms with Crippen molar-refractivity contribution >= 4 is 17.9 Å². The average molecular weight is 1150 g/mol. The molecule has 9 nitrogen and oxygen atoms in total. The molecule has 0 rings (SSSR count). The van der Waals surface area contributed by atoms with Crippen LogP contribution in [0.1, 0.15) is 290 Å². The van der Waals surface area contributed by atoms with Crippen molar-refractivity contribution in [3.63, 3.8) is 0 Å². The Balaban J connectivity index is 4.03. The van der Waals surface area contributed by atoms with Gasteiger partial charge in [0.25, 0.3) is 0 Å². The molecule has 0 aliphatic heterocycles. The normalized spacial score (nSPS) is 13.3. The summed E-state index contributed by atoms with van der Waals surface area (Å²) in [5, 5.41) is 11.8. The van der Waals surface area contributed by atoms with Crippen molar-refractivity contribution in [3.05, 3.63) is 97.2 Å². The molecule has 0 aromatic rings. The van der Waals surface area contributed by atoms with Crippen molar-refractivity contribution < 1.29 is 42.9 Å². The van der Waals surface area contributed by atoms with Gasteiger partial charge in [0.05, 0.1) is 40.3 Å². The van der Waals surface area contributed by atoms with Crippen molar-refractivity contribution in [1.29, 1.82) is 0 Å². The van der Waals surface area contributed by atoms with Gasteiger partial charge in [0, 0.05) is 12.8 Å². The lowest BCUT2D eigenvalue weighted by Gasteiger charge is -2.26. The molecule has 9 heteroatoms. The highest BCUT2D eigenvalue weighted by Crippen LogP contribution is 2.17. The lowest BCUT2D eigenvalue weighted by molar-refractivity contribution is -0.870. The Labute approximate surface area is 505 Å². The van der Waals surface area contributed by atoms with Crippen LogP contribution in [0.2, 0.25) is 0 Å². The minimum Gasteiger partial charge on any atom is -0.545 e. The zero-order valence-corrected chi connectivity index (χ0v) is 53.8. The summed E-state index contributed by atoms with van der Waals surface area (Å²) in [5.41, 5.74) is 0. The van der Waals surface area contributed by atoms with E-state index in [0.29, 0.717) is 23.9 Å². The second-order valence-corrected chi connectivity index (χ2v) is 23.7. The van der Waals surface area contributed by atoms with Crippen LogP contribution in [0.5, 0.6) is 0 Å². The summed E-state index contributed by atoms with van der Waals surface area (Å²) in [5.74, 6) is -2.27. The molecule has 0 aliphatic carbocycles. The number of hydrogen-bond donors (Lipinski definition) is 0. The number of ether oxygens (including phenoxy) is 4. The number of carboxylic acid groups (broad SMARTS) is 1. The van der Waals surface area contributed by atoms with Gasteiger partial charge < -0.3 is 33.3 Å². The zero-order valence-electron chi connectivity index (χ0n) is 53.8. The third-order valence-electron chi connectivity index (χ3n) is 14.6. The van der Waals surface area contributed by atoms with E-state index in [0.717, 1.165) is 89.9 Å². The Morgan fingerprint density at radius 2 is 0.695 bits per heavy atom. The molecule has 0 spiro atoms. The highest BCUT2D eigenvalue weighted by Gasteiger charge is 2.22. The van der Waals surface area contributed by atoms with E-state index in [2.05, 4.69) is 111 Å². The second-order valence-electron chi connectivity index (χ2n) is 23.7. The third kappa shape index (κ3) is 63.8. The van der Waals surface area contributed by atoms with Crippen LogP contribution in [-0.2, 0) is 33.3 Å². The first-order valence-corrected chi connectivity index (χ1v) is 33.9. The van der Waals surface area contributed by atoms with E-state index < -0.39 is 24.3 Å². The number of nitrogens with zero attached hydrogens (tertiary/aromatic N) is 1. The van der Waals surface area contributed by atoms with Gasteiger partial charge >= 0.3 is 11.9 Å². The average Bonchev–Trinajstić information content (AvgIpc) is 3.45. The van der Waals surface area contributed by atoms with Gasteiger partial charge in [0.15, 0.2) is 12.4 Å². The summed E-state index contributed by atoms with van der Waals surface area (Å²) in [7, 11) is 5.93. The molecule has 0 saturated heterocycles. The third-order valence-corrected chi connectivity index (χ3v) is 14.6. The van der Waals surface area contributed by atoms with Gasteiger partial charge in [-0.2, -0.15) is 0 Å². The molecule has 0 saturated carbocycles. The molecule has 0 fully saturated rings. The Kier molecular flexibility index (Phi) is 60.3. The maximum atomic E-state index is 12.9. The maximum Gasteiger partial charge on any atom is 0.306 e. The van der Waals surface area contributed by atoms with E-state index >= 15 is 0 Å². The molecule has 82 heavy (non-hydrogen) atoms. The number of aliphatic carboxylic acids is 1. The Morgan fingerprint density at radius 1 is 0.378 bits per heavy atom. The van der Waals surface area contributed by atoms with Crippen molar-refractivity contribution in [1.82, 2.24) is 0 Å². The predicted molar refractivity (Wildman–Crippen MR) is 347 cm³/mol. The Bertz CT molecular complexity index is 1670. The van der Waals surface area contributed by atoms with Gasteiger partial charge in [-0.3, -0.25) is 9.59 Å². The Hall–Kier alpha value is -3.79. The summed E-state index contributed by atoms with van der Waals surface area (Å²) in [6.45, 7) is 4.66. The fourth-order valence-electron chi connectivity index (χ4n) is 9.44. The van der Waals surface area contributed by atoms with Crippen molar-refractivity contribution in [2.75, 3.05) is 47.5 Å². The fraction of sp³-hybridized carbons (Fsp3) is 0.740. The lowest BCUT2D eigenvalue weighted by atomic mass is 10.0. The quantitative estimate of drug-likeness (QED) is 0.0195. The van der Waals surface area contributed by atoms with E-state index in [1.54, 1.807) is 0 Å². The summed E-state index contributed by atoms with van der Waals surface area (Å²) in [4.78, 5) is 37.4. The largest absolute Gasteiger partial charge is 0.545 e. The van der Waals surface area contributed by atoms with Crippen LogP contribution >= 0.6 is 0 Å². The first-order valence-electron chi connectivity index (χ1n) is 33.9. The number of carbonyl (C=O) groups is 3. The number of unbranched alkanes of at least 4 members (excludes halogenated alkanes) is 31. The fourth-order valence-corrected chi connectivity index (χ4v) is 9.44. The van der Waals surface area contributed by atoms with Gasteiger partial charge in [-0.25, -0.2) is 0 Å². The molecular formula is C73H127NO8. The molecule has 0 amide bonds. The van der Waals surface area contributed by atoms with Gasteiger partial charge in [-0.15, -0.1) is 0 Å². The van der Waals surface area contributed by atoms with E-state index in [-0.39, 0.29) is 32.2 Å². The number of rotatable bonds is 62. The van der Waals surface area contributed by atoms with Crippen LogP contribution in [0.15, 0.2) is 97.2 Å². The van der Waals surface area contributed by atoms with Crippen LogP contribution in [-0.4, -0.2) is 82.3 Å². The number of hydrogen-bond acceptors (Lipinski definition) is 8. The summed E-state index contributed by atoms with van der Waals surface area (Å²) < 4.78 is 22.8. The topological polar surface area (TPSA) is 111 Å².